The van der Waals surface area contributed by atoms with Crippen molar-refractivity contribution in [3.8, 4) is 11.5 Å². The first-order valence-electron chi connectivity index (χ1n) is 7.99. The second-order valence-corrected chi connectivity index (χ2v) is 5.56. The summed E-state index contributed by atoms with van der Waals surface area (Å²) in [6.45, 7) is 1.95. The third-order valence-electron chi connectivity index (χ3n) is 3.46. The van der Waals surface area contributed by atoms with E-state index in [0.717, 1.165) is 18.4 Å². The van der Waals surface area contributed by atoms with Gasteiger partial charge >= 0.3 is 6.11 Å². The molecule has 0 amide bonds. The molecule has 8 heteroatoms. The highest BCUT2D eigenvalue weighted by molar-refractivity contribution is 5.36. The van der Waals surface area contributed by atoms with E-state index in [1.54, 1.807) is 0 Å². The maximum atomic E-state index is 14.2. The molecule has 0 bridgehead atoms. The Hall–Kier alpha value is -2.64. The van der Waals surface area contributed by atoms with Crippen LogP contribution in [0.5, 0.6) is 11.5 Å². The minimum atomic E-state index is -3.83. The summed E-state index contributed by atoms with van der Waals surface area (Å²) in [6, 6.07) is 6.34. The van der Waals surface area contributed by atoms with Crippen molar-refractivity contribution in [3.63, 3.8) is 0 Å². The van der Waals surface area contributed by atoms with Crippen LogP contribution in [0.3, 0.4) is 0 Å². The molecule has 0 atom stereocenters. The fraction of sp³-hybridized carbons (Fsp3) is 0.263. The van der Waals surface area contributed by atoms with Gasteiger partial charge in [0.15, 0.2) is 17.4 Å². The predicted molar refractivity (Wildman–Crippen MR) is 87.1 cm³/mol. The number of benzene rings is 2. The summed E-state index contributed by atoms with van der Waals surface area (Å²) in [6.07, 6.45) is -4.46. The second kappa shape index (κ2) is 8.83. The molecule has 0 spiro atoms. The van der Waals surface area contributed by atoms with E-state index in [9.17, 15) is 26.3 Å². The largest absolute Gasteiger partial charge is 0.459 e. The van der Waals surface area contributed by atoms with Crippen LogP contribution < -0.4 is 9.47 Å². The first-order valence-corrected chi connectivity index (χ1v) is 7.99. The molecule has 0 aliphatic heterocycles. The van der Waals surface area contributed by atoms with Crippen LogP contribution in [0.25, 0.3) is 0 Å². The van der Waals surface area contributed by atoms with Crippen molar-refractivity contribution in [1.82, 2.24) is 0 Å². The molecule has 0 aliphatic carbocycles. The number of allylic oxidation sites excluding steroid dienone is 1. The number of hydrogen-bond acceptors (Lipinski definition) is 2. The van der Waals surface area contributed by atoms with Gasteiger partial charge in [-0.1, -0.05) is 25.5 Å². The fourth-order valence-corrected chi connectivity index (χ4v) is 2.24. The van der Waals surface area contributed by atoms with Crippen molar-refractivity contribution in [2.24, 2.45) is 0 Å². The van der Waals surface area contributed by atoms with Crippen molar-refractivity contribution in [3.05, 3.63) is 71.5 Å². The molecule has 0 fully saturated rings. The van der Waals surface area contributed by atoms with Crippen LogP contribution in [-0.4, -0.2) is 6.43 Å². The first-order chi connectivity index (χ1) is 12.7. The molecule has 2 rings (SSSR count). The molecule has 27 heavy (non-hydrogen) atoms. The van der Waals surface area contributed by atoms with Crippen LogP contribution in [0.4, 0.5) is 26.3 Å². The molecule has 146 valence electrons. The van der Waals surface area contributed by atoms with Crippen LogP contribution >= 0.6 is 0 Å². The van der Waals surface area contributed by atoms with E-state index >= 15 is 0 Å². The van der Waals surface area contributed by atoms with Gasteiger partial charge in [0.25, 0.3) is 6.43 Å². The zero-order valence-corrected chi connectivity index (χ0v) is 14.2. The zero-order valence-electron chi connectivity index (χ0n) is 14.2. The third-order valence-corrected chi connectivity index (χ3v) is 3.46. The number of hydrogen-bond donors (Lipinski definition) is 0. The number of rotatable bonds is 8. The van der Waals surface area contributed by atoms with E-state index in [1.807, 2.05) is 6.92 Å². The topological polar surface area (TPSA) is 18.5 Å². The fourth-order valence-electron chi connectivity index (χ4n) is 2.24. The van der Waals surface area contributed by atoms with Gasteiger partial charge in [-0.25, -0.2) is 17.6 Å². The van der Waals surface area contributed by atoms with Crippen molar-refractivity contribution in [2.45, 2.75) is 32.3 Å². The molecular formula is C19H16F6O2. The quantitative estimate of drug-likeness (QED) is 0.395. The molecular weight excluding hydrogens is 374 g/mol. The van der Waals surface area contributed by atoms with E-state index in [0.29, 0.717) is 18.4 Å². The standard InChI is InChI=1S/C19H16F6O2/c1-2-3-12-4-6-13(7-5-12)19(24,25)27-14-10-15(20)18(16(21)11-14)26-9-8-17(22)23/h4-11,17H,2-3H2,1H3/b9-8+. The lowest BCUT2D eigenvalue weighted by atomic mass is 10.1. The molecule has 0 aromatic heterocycles. The highest BCUT2D eigenvalue weighted by Crippen LogP contribution is 2.35. The molecule has 2 nitrogen and oxygen atoms in total. The van der Waals surface area contributed by atoms with Crippen LogP contribution in [0.2, 0.25) is 0 Å². The Bertz CT molecular complexity index is 764. The number of ether oxygens (including phenoxy) is 2. The van der Waals surface area contributed by atoms with E-state index < -0.39 is 41.2 Å². The Labute approximate surface area is 152 Å². The summed E-state index contributed by atoms with van der Waals surface area (Å²) < 4.78 is 88.9. The molecule has 0 aliphatic rings. The molecule has 2 aromatic rings. The Balaban J connectivity index is 2.18. The van der Waals surface area contributed by atoms with Crippen LogP contribution in [0.1, 0.15) is 24.5 Å². The van der Waals surface area contributed by atoms with Crippen molar-refractivity contribution in [1.29, 1.82) is 0 Å². The van der Waals surface area contributed by atoms with Gasteiger partial charge in [0.2, 0.25) is 0 Å². The summed E-state index contributed by atoms with van der Waals surface area (Å²) >= 11 is 0. The normalized spacial score (nSPS) is 12.0. The van der Waals surface area contributed by atoms with Gasteiger partial charge in [-0.2, -0.15) is 8.78 Å². The average Bonchev–Trinajstić information content (AvgIpc) is 2.57. The molecule has 0 saturated heterocycles. The van der Waals surface area contributed by atoms with Crippen molar-refractivity contribution < 1.29 is 35.8 Å². The predicted octanol–water partition coefficient (Wildman–Crippen LogP) is 6.20. The van der Waals surface area contributed by atoms with Gasteiger partial charge in [0.1, 0.15) is 5.75 Å². The SMILES string of the molecule is CCCc1ccc(C(F)(F)Oc2cc(F)c(O/C=C/C(F)F)c(F)c2)cc1. The van der Waals surface area contributed by atoms with E-state index in [2.05, 4.69) is 9.47 Å². The van der Waals surface area contributed by atoms with E-state index in [-0.39, 0.29) is 6.08 Å². The summed E-state index contributed by atoms with van der Waals surface area (Å²) in [5, 5.41) is 0. The lowest BCUT2D eigenvalue weighted by molar-refractivity contribution is -0.185. The van der Waals surface area contributed by atoms with E-state index in [1.165, 1.54) is 24.3 Å². The number of aryl methyl sites for hydroxylation is 1. The summed E-state index contributed by atoms with van der Waals surface area (Å²) in [5.74, 6) is -4.54. The van der Waals surface area contributed by atoms with Crippen LogP contribution in [0, 0.1) is 11.6 Å². The minimum absolute atomic E-state index is 0.264. The van der Waals surface area contributed by atoms with Crippen molar-refractivity contribution in [2.75, 3.05) is 0 Å². The number of alkyl halides is 4. The highest BCUT2D eigenvalue weighted by atomic mass is 19.3. The van der Waals surface area contributed by atoms with Gasteiger partial charge in [-0.3, -0.25) is 0 Å². The van der Waals surface area contributed by atoms with Crippen molar-refractivity contribution >= 4 is 0 Å². The maximum Gasteiger partial charge on any atom is 0.426 e. The van der Waals surface area contributed by atoms with Gasteiger partial charge in [-0.05, 0) is 24.1 Å². The van der Waals surface area contributed by atoms with Gasteiger partial charge < -0.3 is 9.47 Å². The molecule has 0 N–H and O–H groups in total. The van der Waals surface area contributed by atoms with Gasteiger partial charge in [0.05, 0.1) is 11.8 Å². The second-order valence-electron chi connectivity index (χ2n) is 5.56. The summed E-state index contributed by atoms with van der Waals surface area (Å²) in [4.78, 5) is 0. The summed E-state index contributed by atoms with van der Waals surface area (Å²) in [5.41, 5.74) is 0.385. The smallest absolute Gasteiger partial charge is 0.426 e. The maximum absolute atomic E-state index is 14.2. The lowest BCUT2D eigenvalue weighted by Crippen LogP contribution is -2.22. The Morgan fingerprint density at radius 3 is 2.15 bits per heavy atom. The lowest BCUT2D eigenvalue weighted by Gasteiger charge is -2.19. The molecule has 0 unspecified atom stereocenters. The van der Waals surface area contributed by atoms with Crippen LogP contribution in [0.15, 0.2) is 48.7 Å². The molecule has 2 aromatic carbocycles. The average molecular weight is 390 g/mol. The minimum Gasteiger partial charge on any atom is -0.459 e. The zero-order chi connectivity index (χ0) is 20.0. The molecule has 0 heterocycles. The Morgan fingerprint density at radius 2 is 1.63 bits per heavy atom. The van der Waals surface area contributed by atoms with E-state index in [4.69, 9.17) is 0 Å². The molecule has 0 radical (unpaired) electrons. The molecule has 0 saturated carbocycles. The Kier molecular flexibility index (Phi) is 6.76. The first kappa shape index (κ1) is 20.7. The van der Waals surface area contributed by atoms with Crippen LogP contribution in [-0.2, 0) is 12.5 Å². The Morgan fingerprint density at radius 1 is 1.04 bits per heavy atom. The monoisotopic (exact) mass is 390 g/mol. The summed E-state index contributed by atoms with van der Waals surface area (Å²) in [7, 11) is 0. The van der Waals surface area contributed by atoms with Gasteiger partial charge in [-0.15, -0.1) is 0 Å². The third kappa shape index (κ3) is 5.67. The van der Waals surface area contributed by atoms with Gasteiger partial charge in [0, 0.05) is 18.2 Å². The number of halogens is 6. The highest BCUT2D eigenvalue weighted by Gasteiger charge is 2.35.